The number of nitrogens with zero attached hydrogens (tertiary/aromatic N) is 3. The third-order valence-electron chi connectivity index (χ3n) is 3.97. The van der Waals surface area contributed by atoms with E-state index in [1.807, 2.05) is 25.1 Å². The lowest BCUT2D eigenvalue weighted by atomic mass is 10.2. The standard InChI is InChI=1S/C19H17Br2N3O3/c1-4-17-23-15-6-5-12(20)9-13(15)19(25)24(17)22-10-11-7-14(21)18(27-3)16(8-11)26-2/h5-10H,4H2,1-3H3. The second-order valence-electron chi connectivity index (χ2n) is 5.64. The summed E-state index contributed by atoms with van der Waals surface area (Å²) in [5.41, 5.74) is 1.19. The molecule has 0 aliphatic carbocycles. The Kier molecular flexibility index (Phi) is 5.96. The Morgan fingerprint density at radius 1 is 1.19 bits per heavy atom. The smallest absolute Gasteiger partial charge is 0.282 e. The van der Waals surface area contributed by atoms with Gasteiger partial charge in [0.15, 0.2) is 11.5 Å². The first kappa shape index (κ1) is 19.6. The molecule has 0 atom stereocenters. The third kappa shape index (κ3) is 3.91. The number of benzene rings is 2. The monoisotopic (exact) mass is 493 g/mol. The van der Waals surface area contributed by atoms with Crippen LogP contribution in [0.25, 0.3) is 10.9 Å². The molecule has 3 rings (SSSR count). The molecule has 0 bridgehead atoms. The summed E-state index contributed by atoms with van der Waals surface area (Å²) in [5, 5.41) is 4.89. The van der Waals surface area contributed by atoms with Crippen molar-refractivity contribution >= 4 is 49.0 Å². The number of rotatable bonds is 5. The summed E-state index contributed by atoms with van der Waals surface area (Å²) in [7, 11) is 3.14. The fourth-order valence-electron chi connectivity index (χ4n) is 2.68. The highest BCUT2D eigenvalue weighted by Crippen LogP contribution is 2.35. The molecule has 2 aromatic carbocycles. The molecule has 0 aliphatic rings. The minimum absolute atomic E-state index is 0.214. The van der Waals surface area contributed by atoms with Crippen molar-refractivity contribution in [2.75, 3.05) is 14.2 Å². The first-order valence-electron chi connectivity index (χ1n) is 8.15. The fraction of sp³-hybridized carbons (Fsp3) is 0.211. The van der Waals surface area contributed by atoms with Crippen molar-refractivity contribution in [3.63, 3.8) is 0 Å². The van der Waals surface area contributed by atoms with Crippen LogP contribution in [0.1, 0.15) is 18.3 Å². The van der Waals surface area contributed by atoms with Crippen LogP contribution in [-0.2, 0) is 6.42 Å². The van der Waals surface area contributed by atoms with Crippen molar-refractivity contribution in [1.29, 1.82) is 0 Å². The SMILES string of the molecule is CCc1nc2ccc(Br)cc2c(=O)n1N=Cc1cc(Br)c(OC)c(OC)c1. The van der Waals surface area contributed by atoms with Gasteiger partial charge in [0.25, 0.3) is 5.56 Å². The largest absolute Gasteiger partial charge is 0.493 e. The molecule has 0 amide bonds. The van der Waals surface area contributed by atoms with Crippen LogP contribution in [0, 0.1) is 0 Å². The van der Waals surface area contributed by atoms with E-state index in [0.29, 0.717) is 34.6 Å². The predicted molar refractivity (Wildman–Crippen MR) is 113 cm³/mol. The number of hydrogen-bond acceptors (Lipinski definition) is 5. The van der Waals surface area contributed by atoms with Gasteiger partial charge in [-0.2, -0.15) is 9.78 Å². The Labute approximate surface area is 173 Å². The van der Waals surface area contributed by atoms with Gasteiger partial charge in [0, 0.05) is 10.9 Å². The molecule has 1 heterocycles. The number of hydrogen-bond donors (Lipinski definition) is 0. The topological polar surface area (TPSA) is 65.7 Å². The Hall–Kier alpha value is -2.19. The molecule has 0 spiro atoms. The number of ether oxygens (including phenoxy) is 2. The molecule has 140 valence electrons. The maximum Gasteiger partial charge on any atom is 0.282 e. The van der Waals surface area contributed by atoms with Gasteiger partial charge in [-0.3, -0.25) is 4.79 Å². The molecule has 8 heteroatoms. The van der Waals surface area contributed by atoms with Crippen molar-refractivity contribution in [3.8, 4) is 11.5 Å². The Morgan fingerprint density at radius 3 is 2.63 bits per heavy atom. The van der Waals surface area contributed by atoms with Crippen molar-refractivity contribution < 1.29 is 9.47 Å². The van der Waals surface area contributed by atoms with Crippen molar-refractivity contribution in [2.45, 2.75) is 13.3 Å². The quantitative estimate of drug-likeness (QED) is 0.493. The third-order valence-corrected chi connectivity index (χ3v) is 5.05. The molecule has 6 nitrogen and oxygen atoms in total. The Morgan fingerprint density at radius 2 is 1.96 bits per heavy atom. The average Bonchev–Trinajstić information content (AvgIpc) is 2.66. The minimum atomic E-state index is -0.214. The van der Waals surface area contributed by atoms with Crippen LogP contribution in [0.2, 0.25) is 0 Å². The van der Waals surface area contributed by atoms with Crippen molar-refractivity contribution in [1.82, 2.24) is 9.66 Å². The molecule has 0 saturated carbocycles. The molecule has 0 fully saturated rings. The van der Waals surface area contributed by atoms with E-state index in [-0.39, 0.29) is 5.56 Å². The highest BCUT2D eigenvalue weighted by Gasteiger charge is 2.11. The zero-order chi connectivity index (χ0) is 19.6. The zero-order valence-electron chi connectivity index (χ0n) is 15.0. The van der Waals surface area contributed by atoms with E-state index in [2.05, 4.69) is 41.9 Å². The van der Waals surface area contributed by atoms with Crippen LogP contribution >= 0.6 is 31.9 Å². The maximum absolute atomic E-state index is 12.9. The zero-order valence-corrected chi connectivity index (χ0v) is 18.2. The van der Waals surface area contributed by atoms with Gasteiger partial charge < -0.3 is 9.47 Å². The van der Waals surface area contributed by atoms with E-state index in [1.165, 1.54) is 4.68 Å². The lowest BCUT2D eigenvalue weighted by Gasteiger charge is -2.11. The Balaban J connectivity index is 2.12. The summed E-state index contributed by atoms with van der Waals surface area (Å²) in [6.45, 7) is 1.94. The number of halogens is 2. The van der Waals surface area contributed by atoms with Gasteiger partial charge in [-0.05, 0) is 51.8 Å². The van der Waals surface area contributed by atoms with Crippen molar-refractivity contribution in [2.24, 2.45) is 5.10 Å². The van der Waals surface area contributed by atoms with E-state index in [0.717, 1.165) is 14.5 Å². The van der Waals surface area contributed by atoms with Crippen LogP contribution in [0.15, 0.2) is 49.2 Å². The number of fused-ring (bicyclic) bond motifs is 1. The van der Waals surface area contributed by atoms with Crippen molar-refractivity contribution in [3.05, 3.63) is 61.0 Å². The Bertz CT molecular complexity index is 1090. The van der Waals surface area contributed by atoms with E-state index >= 15 is 0 Å². The first-order valence-corrected chi connectivity index (χ1v) is 9.74. The van der Waals surface area contributed by atoms with Crippen LogP contribution in [-0.4, -0.2) is 30.1 Å². The number of aryl methyl sites for hydroxylation is 1. The van der Waals surface area contributed by atoms with Gasteiger partial charge in [0.2, 0.25) is 0 Å². The van der Waals surface area contributed by atoms with Crippen LogP contribution in [0.3, 0.4) is 0 Å². The fourth-order valence-corrected chi connectivity index (χ4v) is 3.66. The van der Waals surface area contributed by atoms with E-state index in [9.17, 15) is 4.79 Å². The highest BCUT2D eigenvalue weighted by molar-refractivity contribution is 9.10. The molecule has 3 aromatic rings. The molecule has 0 N–H and O–H groups in total. The van der Waals surface area contributed by atoms with Gasteiger partial charge in [-0.25, -0.2) is 4.98 Å². The maximum atomic E-state index is 12.9. The summed E-state index contributed by atoms with van der Waals surface area (Å²) in [4.78, 5) is 17.5. The highest BCUT2D eigenvalue weighted by atomic mass is 79.9. The molecule has 0 aliphatic heterocycles. The van der Waals surface area contributed by atoms with Crippen LogP contribution in [0.5, 0.6) is 11.5 Å². The summed E-state index contributed by atoms with van der Waals surface area (Å²) < 4.78 is 13.5. The molecule has 0 saturated heterocycles. The lowest BCUT2D eigenvalue weighted by Crippen LogP contribution is -2.22. The van der Waals surface area contributed by atoms with E-state index in [4.69, 9.17) is 9.47 Å². The predicted octanol–water partition coefficient (Wildman–Crippen LogP) is 4.38. The average molecular weight is 495 g/mol. The number of methoxy groups -OCH3 is 2. The molecule has 27 heavy (non-hydrogen) atoms. The van der Waals surface area contributed by atoms with Gasteiger partial charge in [0.05, 0.1) is 35.8 Å². The number of aromatic nitrogens is 2. The lowest BCUT2D eigenvalue weighted by molar-refractivity contribution is 0.353. The van der Waals surface area contributed by atoms with Gasteiger partial charge in [-0.15, -0.1) is 0 Å². The molecular formula is C19H17Br2N3O3. The summed E-state index contributed by atoms with van der Waals surface area (Å²) >= 11 is 6.85. The molecular weight excluding hydrogens is 478 g/mol. The second-order valence-corrected chi connectivity index (χ2v) is 7.41. The van der Waals surface area contributed by atoms with Gasteiger partial charge in [0.1, 0.15) is 5.82 Å². The summed E-state index contributed by atoms with van der Waals surface area (Å²) in [5.74, 6) is 1.75. The molecule has 0 radical (unpaired) electrons. The van der Waals surface area contributed by atoms with E-state index < -0.39 is 0 Å². The normalized spacial score (nSPS) is 11.3. The van der Waals surface area contributed by atoms with Gasteiger partial charge in [-0.1, -0.05) is 22.9 Å². The van der Waals surface area contributed by atoms with Crippen LogP contribution < -0.4 is 15.0 Å². The van der Waals surface area contributed by atoms with Crippen LogP contribution in [0.4, 0.5) is 0 Å². The first-order chi connectivity index (χ1) is 13.0. The molecule has 0 unspecified atom stereocenters. The molecule has 1 aromatic heterocycles. The second kappa shape index (κ2) is 8.22. The van der Waals surface area contributed by atoms with E-state index in [1.54, 1.807) is 32.6 Å². The minimum Gasteiger partial charge on any atom is -0.493 e. The summed E-state index contributed by atoms with van der Waals surface area (Å²) in [6.07, 6.45) is 2.17. The van der Waals surface area contributed by atoms with Gasteiger partial charge >= 0.3 is 0 Å². The summed E-state index contributed by atoms with van der Waals surface area (Å²) in [6, 6.07) is 9.06.